The Bertz CT molecular complexity index is 1780. The number of imidazole rings is 2. The third-order valence-electron chi connectivity index (χ3n) is 8.35. The van der Waals surface area contributed by atoms with Crippen LogP contribution in [0.1, 0.15) is 44.0 Å². The van der Waals surface area contributed by atoms with Gasteiger partial charge in [-0.15, -0.1) is 10.2 Å². The van der Waals surface area contributed by atoms with Crippen molar-refractivity contribution in [3.8, 4) is 5.13 Å². The molecule has 4 heterocycles. The molecule has 3 aromatic heterocycles. The van der Waals surface area contributed by atoms with E-state index in [0.29, 0.717) is 72.9 Å². The summed E-state index contributed by atoms with van der Waals surface area (Å²) in [5, 5.41) is 7.21. The van der Waals surface area contributed by atoms with E-state index in [2.05, 4.69) is 19.9 Å². The molecule has 3 fully saturated rings. The minimum absolute atomic E-state index is 0.0932. The van der Waals surface area contributed by atoms with Crippen molar-refractivity contribution in [3.05, 3.63) is 29.5 Å². The van der Waals surface area contributed by atoms with Crippen molar-refractivity contribution >= 4 is 49.8 Å². The minimum Gasteiger partial charge on any atom is -0.366 e. The molecule has 4 aromatic rings. The maximum atomic E-state index is 13.7. The van der Waals surface area contributed by atoms with Gasteiger partial charge in [0.15, 0.2) is 5.01 Å². The van der Waals surface area contributed by atoms with Gasteiger partial charge in [0.05, 0.1) is 27.2 Å². The van der Waals surface area contributed by atoms with Crippen LogP contribution in [0.5, 0.6) is 0 Å². The number of carbonyl (C=O) groups is 1. The number of anilines is 1. The molecule has 1 N–H and O–H groups in total. The average molecular weight is 609 g/mol. The van der Waals surface area contributed by atoms with E-state index >= 15 is 0 Å². The largest absolute Gasteiger partial charge is 0.366 e. The highest BCUT2D eigenvalue weighted by Gasteiger charge is 2.48. The van der Waals surface area contributed by atoms with Gasteiger partial charge in [0.1, 0.15) is 6.67 Å². The highest BCUT2D eigenvalue weighted by molar-refractivity contribution is 7.89. The quantitative estimate of drug-likeness (QED) is 0.326. The molecule has 0 atom stereocenters. The number of nitrogens with one attached hydrogen (secondary N) is 1. The van der Waals surface area contributed by atoms with Crippen molar-refractivity contribution < 1.29 is 26.4 Å². The van der Waals surface area contributed by atoms with Crippen LogP contribution in [0.4, 0.5) is 18.9 Å². The predicted molar refractivity (Wildman–Crippen MR) is 145 cm³/mol. The second-order valence-electron chi connectivity index (χ2n) is 11.3. The third-order valence-corrected chi connectivity index (χ3v) is 10.8. The Kier molecular flexibility index (Phi) is 5.93. The lowest BCUT2D eigenvalue weighted by molar-refractivity contribution is -0.136. The molecule has 1 saturated heterocycles. The second-order valence-corrected chi connectivity index (χ2v) is 14.0. The Morgan fingerprint density at radius 3 is 2.46 bits per heavy atom. The van der Waals surface area contributed by atoms with E-state index < -0.39 is 33.7 Å². The molecule has 7 rings (SSSR count). The standard InChI is InChI=1S/C25H27F3N8O3S2/c1-24(2-3-24)21(37)34-10-8-33(9-11-34)16-12-15(41(38,39)32-25(14-26)4-5-25)13-17-18(16)35-7-6-29-22(35)36(17)23-31-30-20(40-23)19(27)28/h6-7,12-13,19,32H,2-5,8-11,14H2,1H3. The zero-order chi connectivity index (χ0) is 28.7. The number of nitrogens with zero attached hydrogens (tertiary/aromatic N) is 7. The smallest absolute Gasteiger partial charge is 0.291 e. The SMILES string of the molecule is CC1(C(=O)N2CCN(c3cc(S(=O)(=O)NC4(CF)CC4)cc4c3n3ccnc3n4-c3nnc(C(F)F)s3)CC2)CC1. The van der Waals surface area contributed by atoms with Crippen LogP contribution in [0.3, 0.4) is 0 Å². The summed E-state index contributed by atoms with van der Waals surface area (Å²) in [4.78, 5) is 21.1. The van der Waals surface area contributed by atoms with Gasteiger partial charge in [-0.2, -0.15) is 0 Å². The second kappa shape index (κ2) is 9.13. The summed E-state index contributed by atoms with van der Waals surface area (Å²) in [6, 6.07) is 2.98. The van der Waals surface area contributed by atoms with Crippen LogP contribution in [0.15, 0.2) is 29.4 Å². The number of alkyl halides is 3. The summed E-state index contributed by atoms with van der Waals surface area (Å²) in [5.41, 5.74) is 0.144. The van der Waals surface area contributed by atoms with Gasteiger partial charge in [0.2, 0.25) is 26.8 Å². The van der Waals surface area contributed by atoms with Gasteiger partial charge in [-0.1, -0.05) is 18.3 Å². The van der Waals surface area contributed by atoms with Gasteiger partial charge in [0, 0.05) is 44.0 Å². The monoisotopic (exact) mass is 608 g/mol. The Morgan fingerprint density at radius 1 is 1.12 bits per heavy atom. The first-order valence-electron chi connectivity index (χ1n) is 13.3. The number of carbonyl (C=O) groups excluding carboxylic acids is 1. The Morgan fingerprint density at radius 2 is 1.85 bits per heavy atom. The van der Waals surface area contributed by atoms with Crippen LogP contribution in [0.25, 0.3) is 21.9 Å². The Balaban J connectivity index is 1.37. The number of amides is 1. The van der Waals surface area contributed by atoms with E-state index in [-0.39, 0.29) is 21.3 Å². The molecule has 2 aliphatic carbocycles. The van der Waals surface area contributed by atoms with Crippen LogP contribution in [-0.2, 0) is 14.8 Å². The van der Waals surface area contributed by atoms with Crippen molar-refractivity contribution in [1.82, 2.24) is 33.8 Å². The maximum absolute atomic E-state index is 13.7. The van der Waals surface area contributed by atoms with Gasteiger partial charge < -0.3 is 9.80 Å². The predicted octanol–water partition coefficient (Wildman–Crippen LogP) is 3.30. The van der Waals surface area contributed by atoms with Crippen LogP contribution < -0.4 is 9.62 Å². The number of fused-ring (bicyclic) bond motifs is 3. The summed E-state index contributed by atoms with van der Waals surface area (Å²) in [7, 11) is -4.16. The summed E-state index contributed by atoms with van der Waals surface area (Å²) >= 11 is 0.687. The molecule has 1 aromatic carbocycles. The van der Waals surface area contributed by atoms with Gasteiger partial charge in [-0.3, -0.25) is 13.8 Å². The highest BCUT2D eigenvalue weighted by Crippen LogP contribution is 2.47. The van der Waals surface area contributed by atoms with Crippen LogP contribution in [0, 0.1) is 5.41 Å². The molecule has 41 heavy (non-hydrogen) atoms. The summed E-state index contributed by atoms with van der Waals surface area (Å²) in [6.07, 6.45) is 3.00. The van der Waals surface area contributed by atoms with E-state index in [9.17, 15) is 26.4 Å². The lowest BCUT2D eigenvalue weighted by atomic mass is 10.1. The average Bonchev–Trinajstić information content (AvgIpc) is 3.69. The molecule has 1 amide bonds. The number of sulfonamides is 1. The van der Waals surface area contributed by atoms with Gasteiger partial charge in [-0.25, -0.2) is 31.3 Å². The van der Waals surface area contributed by atoms with Crippen molar-refractivity contribution in [3.63, 3.8) is 0 Å². The number of hydrogen-bond acceptors (Lipinski definition) is 8. The minimum atomic E-state index is -4.16. The van der Waals surface area contributed by atoms with E-state index in [4.69, 9.17) is 0 Å². The van der Waals surface area contributed by atoms with E-state index in [1.807, 2.05) is 16.7 Å². The Hall–Kier alpha value is -3.24. The molecular weight excluding hydrogens is 581 g/mol. The zero-order valence-electron chi connectivity index (χ0n) is 22.1. The van der Waals surface area contributed by atoms with Gasteiger partial charge in [0.25, 0.3) is 6.43 Å². The Labute approximate surface area is 237 Å². The third kappa shape index (κ3) is 4.37. The number of piperazine rings is 1. The van der Waals surface area contributed by atoms with E-state index in [1.54, 1.807) is 22.9 Å². The first-order chi connectivity index (χ1) is 19.5. The van der Waals surface area contributed by atoms with Gasteiger partial charge in [-0.05, 0) is 37.8 Å². The first-order valence-corrected chi connectivity index (χ1v) is 15.6. The lowest BCUT2D eigenvalue weighted by Gasteiger charge is -2.37. The van der Waals surface area contributed by atoms with Gasteiger partial charge >= 0.3 is 0 Å². The normalized spacial score (nSPS) is 19.9. The number of benzene rings is 1. The molecule has 218 valence electrons. The number of aromatic nitrogens is 5. The van der Waals surface area contributed by atoms with Crippen LogP contribution >= 0.6 is 11.3 Å². The molecule has 11 nitrogen and oxygen atoms in total. The zero-order valence-corrected chi connectivity index (χ0v) is 23.7. The molecule has 3 aliphatic rings. The van der Waals surface area contributed by atoms with Crippen LogP contribution in [0.2, 0.25) is 0 Å². The lowest BCUT2D eigenvalue weighted by Crippen LogP contribution is -2.50. The molecule has 2 saturated carbocycles. The summed E-state index contributed by atoms with van der Waals surface area (Å²) in [5.74, 6) is 0.483. The summed E-state index contributed by atoms with van der Waals surface area (Å²) in [6.45, 7) is 3.01. The van der Waals surface area contributed by atoms with Crippen LogP contribution in [-0.4, -0.2) is 81.8 Å². The van der Waals surface area contributed by atoms with Crippen molar-refractivity contribution in [1.29, 1.82) is 0 Å². The molecular formula is C25H27F3N8O3S2. The number of halogens is 3. The first kappa shape index (κ1) is 26.6. The van der Waals surface area contributed by atoms with Crippen molar-refractivity contribution in [2.75, 3.05) is 37.8 Å². The molecule has 0 unspecified atom stereocenters. The van der Waals surface area contributed by atoms with Crippen molar-refractivity contribution in [2.24, 2.45) is 5.41 Å². The fourth-order valence-electron chi connectivity index (χ4n) is 5.42. The fraction of sp³-hybridized carbons (Fsp3) is 0.520. The fourth-order valence-corrected chi connectivity index (χ4v) is 7.61. The topological polar surface area (TPSA) is 118 Å². The molecule has 16 heteroatoms. The molecule has 0 radical (unpaired) electrons. The highest BCUT2D eigenvalue weighted by atomic mass is 32.2. The molecule has 0 bridgehead atoms. The van der Waals surface area contributed by atoms with Crippen molar-refractivity contribution in [2.45, 2.75) is 49.5 Å². The molecule has 1 aliphatic heterocycles. The maximum Gasteiger partial charge on any atom is 0.291 e. The summed E-state index contributed by atoms with van der Waals surface area (Å²) < 4.78 is 73.4. The number of hydrogen-bond donors (Lipinski definition) is 1. The van der Waals surface area contributed by atoms with E-state index in [1.165, 1.54) is 10.6 Å². The number of rotatable bonds is 8. The molecule has 0 spiro atoms. The van der Waals surface area contributed by atoms with E-state index in [0.717, 1.165) is 12.8 Å².